The van der Waals surface area contributed by atoms with Crippen molar-refractivity contribution in [2.75, 3.05) is 5.32 Å². The molecule has 0 aliphatic rings. The summed E-state index contributed by atoms with van der Waals surface area (Å²) in [5.74, 6) is -0.173. The van der Waals surface area contributed by atoms with E-state index in [1.54, 1.807) is 42.5 Å². The molecular formula is C15H10Cl2N2O. The maximum atomic E-state index is 11.9. The van der Waals surface area contributed by atoms with Crippen LogP contribution < -0.4 is 5.32 Å². The summed E-state index contributed by atoms with van der Waals surface area (Å²) in [6.45, 7) is 0. The lowest BCUT2D eigenvalue weighted by Gasteiger charge is -2.06. The molecule has 0 bridgehead atoms. The third kappa shape index (κ3) is 3.99. The molecule has 1 N–H and O–H groups in total. The molecular weight excluding hydrogens is 295 g/mol. The number of hydrogen-bond acceptors (Lipinski definition) is 2. The first-order valence-corrected chi connectivity index (χ1v) is 6.57. The molecule has 0 radical (unpaired) electrons. The van der Waals surface area contributed by atoms with E-state index in [2.05, 4.69) is 5.32 Å². The molecule has 0 heterocycles. The van der Waals surface area contributed by atoms with E-state index >= 15 is 0 Å². The number of carbonyl (C=O) groups excluding carboxylic acids is 1. The molecule has 5 heteroatoms. The molecule has 1 amide bonds. The number of hydrogen-bond donors (Lipinski definition) is 1. The molecule has 0 spiro atoms. The molecule has 0 saturated heterocycles. The van der Waals surface area contributed by atoms with Crippen LogP contribution in [0.5, 0.6) is 0 Å². The monoisotopic (exact) mass is 304 g/mol. The summed E-state index contributed by atoms with van der Waals surface area (Å²) in [6.07, 6.45) is 0.218. The van der Waals surface area contributed by atoms with Gasteiger partial charge in [-0.3, -0.25) is 4.79 Å². The summed E-state index contributed by atoms with van der Waals surface area (Å²) in [4.78, 5) is 11.9. The summed E-state index contributed by atoms with van der Waals surface area (Å²) >= 11 is 11.7. The fraction of sp³-hybridized carbons (Fsp3) is 0.0667. The molecule has 0 atom stereocenters. The summed E-state index contributed by atoms with van der Waals surface area (Å²) in [7, 11) is 0. The fourth-order valence-electron chi connectivity index (χ4n) is 1.71. The first-order valence-electron chi connectivity index (χ1n) is 5.82. The van der Waals surface area contributed by atoms with E-state index in [-0.39, 0.29) is 12.3 Å². The van der Waals surface area contributed by atoms with Gasteiger partial charge in [0.1, 0.15) is 0 Å². The third-order valence-corrected chi connectivity index (χ3v) is 3.03. The topological polar surface area (TPSA) is 52.9 Å². The molecule has 0 unspecified atom stereocenters. The highest BCUT2D eigenvalue weighted by Crippen LogP contribution is 2.22. The molecule has 100 valence electrons. The zero-order valence-electron chi connectivity index (χ0n) is 10.4. The Hall–Kier alpha value is -2.02. The van der Waals surface area contributed by atoms with Crippen molar-refractivity contribution in [2.45, 2.75) is 6.42 Å². The largest absolute Gasteiger partial charge is 0.326 e. The minimum Gasteiger partial charge on any atom is -0.326 e. The van der Waals surface area contributed by atoms with Crippen LogP contribution in [0.15, 0.2) is 42.5 Å². The van der Waals surface area contributed by atoms with Crippen LogP contribution in [0.1, 0.15) is 11.1 Å². The Morgan fingerprint density at radius 1 is 1.10 bits per heavy atom. The maximum Gasteiger partial charge on any atom is 0.228 e. The normalized spacial score (nSPS) is 9.85. The summed E-state index contributed by atoms with van der Waals surface area (Å²) in [5.41, 5.74) is 1.95. The minimum atomic E-state index is -0.173. The number of nitrogens with zero attached hydrogens (tertiary/aromatic N) is 1. The zero-order valence-corrected chi connectivity index (χ0v) is 11.9. The van der Waals surface area contributed by atoms with Gasteiger partial charge in [0.05, 0.1) is 18.1 Å². The molecule has 20 heavy (non-hydrogen) atoms. The highest BCUT2D eigenvalue weighted by Gasteiger charge is 2.06. The quantitative estimate of drug-likeness (QED) is 0.930. The molecule has 2 aromatic rings. The Kier molecular flexibility index (Phi) is 4.62. The predicted octanol–water partition coefficient (Wildman–Crippen LogP) is 4.05. The van der Waals surface area contributed by atoms with Gasteiger partial charge in [0.25, 0.3) is 0 Å². The number of halogens is 2. The average molecular weight is 305 g/mol. The van der Waals surface area contributed by atoms with Gasteiger partial charge in [0, 0.05) is 15.7 Å². The molecule has 0 saturated carbocycles. The van der Waals surface area contributed by atoms with Crippen LogP contribution >= 0.6 is 23.2 Å². The van der Waals surface area contributed by atoms with Gasteiger partial charge in [0.15, 0.2) is 0 Å². The van der Waals surface area contributed by atoms with Gasteiger partial charge >= 0.3 is 0 Å². The maximum absolute atomic E-state index is 11.9. The standard InChI is InChI=1S/C15H10Cl2N2O/c16-12-6-13(17)8-14(7-12)19-15(20)5-10-1-3-11(9-18)4-2-10/h1-4,6-8H,5H2,(H,19,20). The van der Waals surface area contributed by atoms with Crippen LogP contribution in [0.2, 0.25) is 10.0 Å². The van der Waals surface area contributed by atoms with E-state index in [1.165, 1.54) is 0 Å². The van der Waals surface area contributed by atoms with Gasteiger partial charge in [0.2, 0.25) is 5.91 Å². The van der Waals surface area contributed by atoms with Crippen LogP contribution in [0, 0.1) is 11.3 Å². The van der Waals surface area contributed by atoms with Crippen LogP contribution in [-0.2, 0) is 11.2 Å². The van der Waals surface area contributed by atoms with Crippen molar-refractivity contribution in [3.63, 3.8) is 0 Å². The third-order valence-electron chi connectivity index (χ3n) is 2.59. The highest BCUT2D eigenvalue weighted by atomic mass is 35.5. The Morgan fingerprint density at radius 3 is 2.25 bits per heavy atom. The Labute approximate surface area is 126 Å². The Bertz CT molecular complexity index is 655. The molecule has 3 nitrogen and oxygen atoms in total. The fourth-order valence-corrected chi connectivity index (χ4v) is 2.24. The second-order valence-corrected chi connectivity index (χ2v) is 5.06. The van der Waals surface area contributed by atoms with Crippen molar-refractivity contribution < 1.29 is 4.79 Å². The van der Waals surface area contributed by atoms with Crippen molar-refractivity contribution in [3.8, 4) is 6.07 Å². The van der Waals surface area contributed by atoms with Gasteiger partial charge in [-0.05, 0) is 35.9 Å². The van der Waals surface area contributed by atoms with Crippen LogP contribution in [0.3, 0.4) is 0 Å². The van der Waals surface area contributed by atoms with Crippen molar-refractivity contribution in [3.05, 3.63) is 63.6 Å². The Balaban J connectivity index is 2.03. The molecule has 2 aromatic carbocycles. The number of benzene rings is 2. The minimum absolute atomic E-state index is 0.173. The van der Waals surface area contributed by atoms with E-state index in [4.69, 9.17) is 28.5 Å². The zero-order chi connectivity index (χ0) is 14.5. The van der Waals surface area contributed by atoms with Crippen molar-refractivity contribution in [2.24, 2.45) is 0 Å². The van der Waals surface area contributed by atoms with Crippen molar-refractivity contribution >= 4 is 34.8 Å². The average Bonchev–Trinajstić information content (AvgIpc) is 2.38. The number of nitrogens with one attached hydrogen (secondary N) is 1. The molecule has 2 rings (SSSR count). The number of anilines is 1. The van der Waals surface area contributed by atoms with Gasteiger partial charge in [-0.25, -0.2) is 0 Å². The van der Waals surface area contributed by atoms with E-state index in [0.717, 1.165) is 5.56 Å². The highest BCUT2D eigenvalue weighted by molar-refractivity contribution is 6.35. The predicted molar refractivity (Wildman–Crippen MR) is 80.0 cm³/mol. The van der Waals surface area contributed by atoms with E-state index in [1.807, 2.05) is 6.07 Å². The van der Waals surface area contributed by atoms with Crippen LogP contribution in [-0.4, -0.2) is 5.91 Å². The smallest absolute Gasteiger partial charge is 0.228 e. The van der Waals surface area contributed by atoms with Gasteiger partial charge < -0.3 is 5.32 Å². The van der Waals surface area contributed by atoms with Crippen molar-refractivity contribution in [1.82, 2.24) is 0 Å². The van der Waals surface area contributed by atoms with E-state index in [9.17, 15) is 4.79 Å². The van der Waals surface area contributed by atoms with Gasteiger partial charge in [-0.1, -0.05) is 35.3 Å². The second kappa shape index (κ2) is 6.42. The van der Waals surface area contributed by atoms with Gasteiger partial charge in [-0.2, -0.15) is 5.26 Å². The van der Waals surface area contributed by atoms with Crippen LogP contribution in [0.25, 0.3) is 0 Å². The number of nitriles is 1. The number of rotatable bonds is 3. The number of carbonyl (C=O) groups is 1. The SMILES string of the molecule is N#Cc1ccc(CC(=O)Nc2cc(Cl)cc(Cl)c2)cc1. The first-order chi connectivity index (χ1) is 9.56. The molecule has 0 fully saturated rings. The van der Waals surface area contributed by atoms with E-state index < -0.39 is 0 Å². The van der Waals surface area contributed by atoms with E-state index in [0.29, 0.717) is 21.3 Å². The summed E-state index contributed by atoms with van der Waals surface area (Å²) in [6, 6.07) is 13.7. The molecule has 0 aromatic heterocycles. The molecule has 0 aliphatic heterocycles. The second-order valence-electron chi connectivity index (χ2n) is 4.19. The summed E-state index contributed by atoms with van der Waals surface area (Å²) < 4.78 is 0. The van der Waals surface area contributed by atoms with Crippen LogP contribution in [0.4, 0.5) is 5.69 Å². The van der Waals surface area contributed by atoms with Crippen molar-refractivity contribution in [1.29, 1.82) is 5.26 Å². The first kappa shape index (κ1) is 14.4. The summed E-state index contributed by atoms with van der Waals surface area (Å²) in [5, 5.41) is 12.4. The Morgan fingerprint density at radius 2 is 1.70 bits per heavy atom. The lowest BCUT2D eigenvalue weighted by Crippen LogP contribution is -2.14. The lowest BCUT2D eigenvalue weighted by molar-refractivity contribution is -0.115. The number of amides is 1. The lowest BCUT2D eigenvalue weighted by atomic mass is 10.1. The molecule has 0 aliphatic carbocycles. The van der Waals surface area contributed by atoms with Gasteiger partial charge in [-0.15, -0.1) is 0 Å².